The maximum atomic E-state index is 13.4. The quantitative estimate of drug-likeness (QED) is 0.765. The molecule has 0 atom stereocenters. The van der Waals surface area contributed by atoms with Gasteiger partial charge in [0.1, 0.15) is 5.82 Å². The monoisotopic (exact) mass is 240 g/mol. The lowest BCUT2D eigenvalue weighted by molar-refractivity contribution is 0.626. The summed E-state index contributed by atoms with van der Waals surface area (Å²) in [5.41, 5.74) is 10.3. The summed E-state index contributed by atoms with van der Waals surface area (Å²) in [6.45, 7) is 0.748. The third-order valence-electron chi connectivity index (χ3n) is 3.16. The Hall–Kier alpha value is -2.16. The summed E-state index contributed by atoms with van der Waals surface area (Å²) in [6, 6.07) is 12.4. The fraction of sp³-hybridized carbons (Fsp3) is 0.133. The predicted molar refractivity (Wildman–Crippen MR) is 71.5 cm³/mol. The van der Waals surface area contributed by atoms with Crippen molar-refractivity contribution in [3.8, 4) is 0 Å². The number of anilines is 1. The minimum Gasteiger partial charge on any atom is -0.399 e. The van der Waals surface area contributed by atoms with Crippen molar-refractivity contribution in [3.63, 3.8) is 0 Å². The normalized spacial score (nSPS) is 13.9. The van der Waals surface area contributed by atoms with E-state index in [-0.39, 0.29) is 5.82 Å². The Balaban J connectivity index is 2.11. The molecule has 18 heavy (non-hydrogen) atoms. The Morgan fingerprint density at radius 3 is 2.61 bits per heavy atom. The lowest BCUT2D eigenvalue weighted by Gasteiger charge is -2.17. The van der Waals surface area contributed by atoms with Gasteiger partial charge in [-0.15, -0.1) is 0 Å². The molecule has 2 N–H and O–H groups in total. The van der Waals surface area contributed by atoms with Gasteiger partial charge in [-0.2, -0.15) is 0 Å². The Morgan fingerprint density at radius 1 is 1.06 bits per heavy atom. The van der Waals surface area contributed by atoms with Gasteiger partial charge in [-0.25, -0.2) is 4.39 Å². The van der Waals surface area contributed by atoms with E-state index < -0.39 is 0 Å². The van der Waals surface area contributed by atoms with E-state index in [1.165, 1.54) is 6.07 Å². The molecule has 0 fully saturated rings. The van der Waals surface area contributed by atoms with E-state index in [2.05, 4.69) is 4.99 Å². The highest BCUT2D eigenvalue weighted by Crippen LogP contribution is 2.22. The minimum absolute atomic E-state index is 0.223. The highest BCUT2D eigenvalue weighted by molar-refractivity contribution is 6.14. The van der Waals surface area contributed by atoms with Crippen LogP contribution in [0.2, 0.25) is 0 Å². The van der Waals surface area contributed by atoms with Crippen LogP contribution in [0.4, 0.5) is 10.1 Å². The minimum atomic E-state index is -0.223. The summed E-state index contributed by atoms with van der Waals surface area (Å²) in [7, 11) is 0. The number of nitrogen functional groups attached to an aromatic ring is 1. The fourth-order valence-electron chi connectivity index (χ4n) is 2.25. The van der Waals surface area contributed by atoms with Crippen LogP contribution in [0.3, 0.4) is 0 Å². The van der Waals surface area contributed by atoms with Crippen LogP contribution in [0, 0.1) is 5.82 Å². The molecule has 0 bridgehead atoms. The number of hydrogen-bond donors (Lipinski definition) is 1. The van der Waals surface area contributed by atoms with Crippen LogP contribution < -0.4 is 5.73 Å². The second-order valence-corrected chi connectivity index (χ2v) is 4.40. The molecule has 2 nitrogen and oxygen atoms in total. The van der Waals surface area contributed by atoms with Crippen LogP contribution in [0.25, 0.3) is 0 Å². The van der Waals surface area contributed by atoms with Crippen molar-refractivity contribution in [2.45, 2.75) is 6.42 Å². The molecule has 3 heteroatoms. The number of fused-ring (bicyclic) bond motifs is 1. The maximum Gasteiger partial charge on any atom is 0.123 e. The molecular weight excluding hydrogens is 227 g/mol. The summed E-state index contributed by atoms with van der Waals surface area (Å²) in [5, 5.41) is 0. The predicted octanol–water partition coefficient (Wildman–Crippen LogP) is 2.80. The Morgan fingerprint density at radius 2 is 1.83 bits per heavy atom. The summed E-state index contributed by atoms with van der Waals surface area (Å²) in [5.74, 6) is -0.223. The zero-order chi connectivity index (χ0) is 12.5. The summed E-state index contributed by atoms with van der Waals surface area (Å²) >= 11 is 0. The molecule has 2 aromatic carbocycles. The average Bonchev–Trinajstić information content (AvgIpc) is 2.39. The van der Waals surface area contributed by atoms with Gasteiger partial charge in [0.15, 0.2) is 0 Å². The van der Waals surface area contributed by atoms with Gasteiger partial charge in [-0.1, -0.05) is 18.2 Å². The number of benzene rings is 2. The molecule has 0 amide bonds. The molecule has 3 rings (SSSR count). The number of halogens is 1. The van der Waals surface area contributed by atoms with E-state index in [4.69, 9.17) is 5.73 Å². The number of rotatable bonds is 1. The zero-order valence-electron chi connectivity index (χ0n) is 9.86. The first kappa shape index (κ1) is 11.0. The van der Waals surface area contributed by atoms with Crippen molar-refractivity contribution >= 4 is 11.4 Å². The van der Waals surface area contributed by atoms with Gasteiger partial charge in [-0.3, -0.25) is 4.99 Å². The lowest BCUT2D eigenvalue weighted by atomic mass is 9.93. The van der Waals surface area contributed by atoms with Crippen molar-refractivity contribution in [1.82, 2.24) is 0 Å². The van der Waals surface area contributed by atoms with Gasteiger partial charge in [0.25, 0.3) is 0 Å². The summed E-state index contributed by atoms with van der Waals surface area (Å²) in [6.07, 6.45) is 0.869. The van der Waals surface area contributed by atoms with E-state index in [9.17, 15) is 4.39 Å². The van der Waals surface area contributed by atoms with Crippen molar-refractivity contribution in [2.24, 2.45) is 4.99 Å². The molecule has 0 saturated heterocycles. The van der Waals surface area contributed by atoms with Crippen LogP contribution in [0.5, 0.6) is 0 Å². The number of aliphatic imine (C=N–C) groups is 1. The Bertz CT molecular complexity index is 615. The second-order valence-electron chi connectivity index (χ2n) is 4.40. The van der Waals surface area contributed by atoms with Crippen LogP contribution >= 0.6 is 0 Å². The van der Waals surface area contributed by atoms with Crippen LogP contribution in [0.15, 0.2) is 47.5 Å². The third kappa shape index (κ3) is 1.88. The van der Waals surface area contributed by atoms with Gasteiger partial charge in [-0.05, 0) is 36.2 Å². The van der Waals surface area contributed by atoms with E-state index in [1.54, 1.807) is 6.07 Å². The Kier molecular flexibility index (Phi) is 2.59. The smallest absolute Gasteiger partial charge is 0.123 e. The zero-order valence-corrected chi connectivity index (χ0v) is 9.86. The third-order valence-corrected chi connectivity index (χ3v) is 3.16. The Labute approximate surface area is 105 Å². The molecular formula is C15H13FN2. The van der Waals surface area contributed by atoms with E-state index in [0.29, 0.717) is 0 Å². The van der Waals surface area contributed by atoms with Crippen molar-refractivity contribution in [1.29, 1.82) is 0 Å². The van der Waals surface area contributed by atoms with Crippen LogP contribution in [0.1, 0.15) is 16.7 Å². The largest absolute Gasteiger partial charge is 0.399 e. The summed E-state index contributed by atoms with van der Waals surface area (Å²) < 4.78 is 13.4. The van der Waals surface area contributed by atoms with Crippen molar-refractivity contribution in [3.05, 3.63) is 65.0 Å². The topological polar surface area (TPSA) is 38.4 Å². The van der Waals surface area contributed by atoms with Gasteiger partial charge < -0.3 is 5.73 Å². The molecule has 0 unspecified atom stereocenters. The number of nitrogens with two attached hydrogens (primary N) is 1. The number of nitrogens with zero attached hydrogens (tertiary/aromatic N) is 1. The molecule has 1 aliphatic rings. The molecule has 2 aromatic rings. The highest BCUT2D eigenvalue weighted by Gasteiger charge is 2.16. The SMILES string of the molecule is Nc1ccc(C2=NCCc3ccc(F)cc32)cc1. The van der Waals surface area contributed by atoms with Crippen molar-refractivity contribution in [2.75, 3.05) is 12.3 Å². The highest BCUT2D eigenvalue weighted by atomic mass is 19.1. The molecule has 1 heterocycles. The van der Waals surface area contributed by atoms with Gasteiger partial charge in [0, 0.05) is 23.4 Å². The average molecular weight is 240 g/mol. The van der Waals surface area contributed by atoms with Gasteiger partial charge >= 0.3 is 0 Å². The summed E-state index contributed by atoms with van der Waals surface area (Å²) in [4.78, 5) is 4.52. The fourth-order valence-corrected chi connectivity index (χ4v) is 2.25. The van der Waals surface area contributed by atoms with Crippen LogP contribution in [-0.2, 0) is 6.42 Å². The van der Waals surface area contributed by atoms with Crippen molar-refractivity contribution < 1.29 is 4.39 Å². The van der Waals surface area contributed by atoms with Gasteiger partial charge in [0.2, 0.25) is 0 Å². The first-order valence-electron chi connectivity index (χ1n) is 5.93. The standard InChI is InChI=1S/C15H13FN2/c16-12-4-1-10-7-8-18-15(14(10)9-12)11-2-5-13(17)6-3-11/h1-6,9H,7-8,17H2. The lowest BCUT2D eigenvalue weighted by Crippen LogP contribution is -2.14. The molecule has 0 spiro atoms. The van der Waals surface area contributed by atoms with Crippen LogP contribution in [-0.4, -0.2) is 12.3 Å². The molecule has 90 valence electrons. The van der Waals surface area contributed by atoms with E-state index >= 15 is 0 Å². The number of hydrogen-bond acceptors (Lipinski definition) is 2. The molecule has 0 aromatic heterocycles. The molecule has 0 aliphatic carbocycles. The molecule has 1 aliphatic heterocycles. The maximum absolute atomic E-state index is 13.4. The molecule has 0 radical (unpaired) electrons. The molecule has 0 saturated carbocycles. The van der Waals surface area contributed by atoms with E-state index in [0.717, 1.165) is 41.1 Å². The first-order chi connectivity index (χ1) is 8.74. The first-order valence-corrected chi connectivity index (χ1v) is 5.93. The van der Waals surface area contributed by atoms with E-state index in [1.807, 2.05) is 30.3 Å². The second kappa shape index (κ2) is 4.26. The van der Waals surface area contributed by atoms with Gasteiger partial charge in [0.05, 0.1) is 5.71 Å².